The van der Waals surface area contributed by atoms with Crippen molar-refractivity contribution in [1.29, 1.82) is 0 Å². The zero-order valence-corrected chi connectivity index (χ0v) is 66.5. The molecule has 0 aromatic rings. The molecule has 0 aliphatic rings. The van der Waals surface area contributed by atoms with E-state index in [-0.39, 0.29) is 25.7 Å². The van der Waals surface area contributed by atoms with Crippen LogP contribution in [0.25, 0.3) is 0 Å². The molecule has 3 N–H and O–H groups in total. The number of rotatable bonds is 70. The van der Waals surface area contributed by atoms with Crippen LogP contribution in [0.2, 0.25) is 0 Å². The van der Waals surface area contributed by atoms with Crippen molar-refractivity contribution in [2.24, 2.45) is 0 Å². The lowest BCUT2D eigenvalue weighted by Crippen LogP contribution is -2.30. The molecular weight excluding hydrogens is 1380 g/mol. The van der Waals surface area contributed by atoms with E-state index in [0.717, 1.165) is 128 Å². The molecule has 0 saturated carbocycles. The van der Waals surface area contributed by atoms with Crippen LogP contribution in [0.4, 0.5) is 0 Å². The van der Waals surface area contributed by atoms with Crippen molar-refractivity contribution in [3.05, 3.63) is 219 Å². The fourth-order valence-electron chi connectivity index (χ4n) is 9.16. The number of aliphatic hydroxyl groups is 1. The first-order valence-corrected chi connectivity index (χ1v) is 42.0. The summed E-state index contributed by atoms with van der Waals surface area (Å²) in [5, 5.41) is 10.6. The Morgan fingerprint density at radius 2 is 0.547 bits per heavy atom. The summed E-state index contributed by atoms with van der Waals surface area (Å²) in [5.74, 6) is -2.56. The number of esters is 4. The highest BCUT2D eigenvalue weighted by Gasteiger charge is 2.30. The van der Waals surface area contributed by atoms with Crippen molar-refractivity contribution < 1.29 is 80.2 Å². The Labute approximate surface area is 639 Å². The third-order valence-corrected chi connectivity index (χ3v) is 16.9. The highest BCUT2D eigenvalue weighted by Crippen LogP contribution is 2.45. The maximum Gasteiger partial charge on any atom is 0.472 e. The second kappa shape index (κ2) is 76.6. The Morgan fingerprint density at radius 3 is 0.896 bits per heavy atom. The van der Waals surface area contributed by atoms with Gasteiger partial charge >= 0.3 is 39.5 Å². The van der Waals surface area contributed by atoms with Gasteiger partial charge in [-0.3, -0.25) is 37.3 Å². The van der Waals surface area contributed by atoms with Gasteiger partial charge in [-0.05, 0) is 154 Å². The number of hydrogen-bond donors (Lipinski definition) is 3. The van der Waals surface area contributed by atoms with Crippen LogP contribution in [-0.4, -0.2) is 96.7 Å². The van der Waals surface area contributed by atoms with Crippen LogP contribution in [0.15, 0.2) is 219 Å². The van der Waals surface area contributed by atoms with Gasteiger partial charge in [0, 0.05) is 19.3 Å². The van der Waals surface area contributed by atoms with Gasteiger partial charge in [-0.25, -0.2) is 9.13 Å². The van der Waals surface area contributed by atoms with Gasteiger partial charge in [0.05, 0.1) is 32.8 Å². The van der Waals surface area contributed by atoms with Gasteiger partial charge in [0.15, 0.2) is 12.2 Å². The molecule has 0 saturated heterocycles. The van der Waals surface area contributed by atoms with E-state index >= 15 is 0 Å². The van der Waals surface area contributed by atoms with Crippen LogP contribution in [0.1, 0.15) is 246 Å². The van der Waals surface area contributed by atoms with Crippen LogP contribution in [-0.2, 0) is 65.4 Å². The van der Waals surface area contributed by atoms with Crippen molar-refractivity contribution in [3.63, 3.8) is 0 Å². The molecule has 0 heterocycles. The molecule has 0 aliphatic heterocycles. The number of aliphatic hydroxyl groups excluding tert-OH is 1. The maximum absolute atomic E-state index is 13.1. The van der Waals surface area contributed by atoms with Gasteiger partial charge < -0.3 is 33.8 Å². The van der Waals surface area contributed by atoms with E-state index in [9.17, 15) is 43.2 Å². The minimum Gasteiger partial charge on any atom is -0.462 e. The van der Waals surface area contributed by atoms with E-state index in [1.165, 1.54) is 25.7 Å². The van der Waals surface area contributed by atoms with Crippen molar-refractivity contribution in [3.8, 4) is 0 Å². The normalized spacial score (nSPS) is 15.0. The fraction of sp³-hybridized carbons (Fsp3) is 0.540. The standard InChI is InChI=1S/C87H134O17P2/c1-5-9-13-17-21-25-29-33-36-38-40-42-45-49-52-56-60-64-68-72-85(90)98-78-83(104-87(92)74-70-66-62-58-54-50-46-43-41-39-37-34-30-26-22-18-14-10-6-2)80-102-106(95,96)100-76-81(88)75-99-105(93,94)101-79-82(103-86(91)73-69-65-61-57-53-47-32-28-24-20-16-12-8-4)77-97-84(89)71-67-63-59-55-51-48-44-35-31-27-23-19-15-11-7-3/h9-11,13-15,21-23,25-28,32-37,40-44,49-52,54-55,60,62-64,66-67,81-83,88H,5-8,12,16-20,24,29-31,38-39,45-48,53,56-59,61,65,68-80H2,1-4H3,(H,93,94)(H,95,96)/b13-9-,14-10-,15-11-,25-21-,26-22-,27-23-,32-28-,36-33-,37-34-,42-40-,43-41-,44-35-,52-49-,54-50-,55-51-,64-60-,66-62-,67-63-. The highest BCUT2D eigenvalue weighted by molar-refractivity contribution is 7.47. The number of ether oxygens (including phenoxy) is 4. The molecule has 0 bridgehead atoms. The van der Waals surface area contributed by atoms with Crippen LogP contribution in [0, 0.1) is 0 Å². The zero-order chi connectivity index (χ0) is 77.4. The van der Waals surface area contributed by atoms with E-state index < -0.39 is 97.5 Å². The van der Waals surface area contributed by atoms with E-state index in [1.54, 1.807) is 6.08 Å². The number of allylic oxidation sites excluding steroid dienone is 35. The number of hydrogen-bond acceptors (Lipinski definition) is 15. The highest BCUT2D eigenvalue weighted by atomic mass is 31.2. The molecule has 0 spiro atoms. The van der Waals surface area contributed by atoms with Gasteiger partial charge in [-0.15, -0.1) is 0 Å². The summed E-state index contributed by atoms with van der Waals surface area (Å²) < 4.78 is 68.2. The number of phosphoric ester groups is 2. The number of carbonyl (C=O) groups excluding carboxylic acids is 4. The van der Waals surface area contributed by atoms with Gasteiger partial charge in [-0.1, -0.05) is 285 Å². The second-order valence-corrected chi connectivity index (χ2v) is 27.7. The van der Waals surface area contributed by atoms with Crippen LogP contribution >= 0.6 is 15.6 Å². The molecule has 0 fully saturated rings. The lowest BCUT2D eigenvalue weighted by molar-refractivity contribution is -0.161. The van der Waals surface area contributed by atoms with Gasteiger partial charge in [0.25, 0.3) is 0 Å². The third-order valence-electron chi connectivity index (χ3n) is 15.0. The van der Waals surface area contributed by atoms with Crippen LogP contribution in [0.5, 0.6) is 0 Å². The summed E-state index contributed by atoms with van der Waals surface area (Å²) in [6.07, 6.45) is 97.0. The Hall–Kier alpha value is -6.62. The number of carbonyl (C=O) groups is 4. The monoisotopic (exact) mass is 1510 g/mol. The SMILES string of the molecule is CC/C=C\C/C=C\C/C=C\C/C=C\C/C=C\C/C=C\CCC(=O)OCC(COP(=O)(O)OCC(O)COP(=O)(O)OCC(COC(=O)C/C=C\C/C=C\C/C=C\C/C=C\C/C=C\CC)OC(=O)CCCCCCC/C=C\CCCCCC)OC(=O)CC/C=C\C/C=C\C/C=C\C/C=C\C/C=C\C/C=C\CC. The molecule has 19 heteroatoms. The molecule has 0 radical (unpaired) electrons. The van der Waals surface area contributed by atoms with Crippen molar-refractivity contribution in [2.75, 3.05) is 39.6 Å². The molecule has 594 valence electrons. The lowest BCUT2D eigenvalue weighted by Gasteiger charge is -2.21. The third kappa shape index (κ3) is 75.6. The molecule has 0 amide bonds. The Morgan fingerprint density at radius 1 is 0.283 bits per heavy atom. The summed E-state index contributed by atoms with van der Waals surface area (Å²) in [5.41, 5.74) is 0. The minimum atomic E-state index is -5.03. The Balaban J connectivity index is 5.60. The van der Waals surface area contributed by atoms with Gasteiger partial charge in [0.1, 0.15) is 19.3 Å². The summed E-state index contributed by atoms with van der Waals surface area (Å²) in [7, 11) is -10.1. The van der Waals surface area contributed by atoms with E-state index in [1.807, 2.05) is 54.7 Å². The average molecular weight is 1510 g/mol. The minimum absolute atomic E-state index is 0.00835. The van der Waals surface area contributed by atoms with E-state index in [2.05, 4.69) is 186 Å². The fourth-order valence-corrected chi connectivity index (χ4v) is 10.7. The molecule has 5 atom stereocenters. The molecule has 0 aliphatic carbocycles. The molecule has 0 aromatic carbocycles. The molecular formula is C87H134O17P2. The maximum atomic E-state index is 13.1. The first-order valence-electron chi connectivity index (χ1n) is 39.0. The molecule has 0 aromatic heterocycles. The summed E-state index contributed by atoms with van der Waals surface area (Å²) in [4.78, 5) is 72.8. The van der Waals surface area contributed by atoms with Crippen molar-refractivity contribution in [1.82, 2.24) is 0 Å². The first kappa shape index (κ1) is 99.4. The van der Waals surface area contributed by atoms with E-state index in [4.69, 9.17) is 37.0 Å². The number of phosphoric acid groups is 2. The lowest BCUT2D eigenvalue weighted by atomic mass is 10.1. The summed E-state index contributed by atoms with van der Waals surface area (Å²) in [6, 6.07) is 0. The smallest absolute Gasteiger partial charge is 0.462 e. The molecule has 17 nitrogen and oxygen atoms in total. The predicted octanol–water partition coefficient (Wildman–Crippen LogP) is 22.9. The molecule has 5 unspecified atom stereocenters. The summed E-state index contributed by atoms with van der Waals surface area (Å²) in [6.45, 7) is 4.16. The largest absolute Gasteiger partial charge is 0.472 e. The Kier molecular flexibility index (Phi) is 71.8. The summed E-state index contributed by atoms with van der Waals surface area (Å²) >= 11 is 0. The average Bonchev–Trinajstić information content (AvgIpc) is 0.903. The predicted molar refractivity (Wildman–Crippen MR) is 435 cm³/mol. The van der Waals surface area contributed by atoms with Crippen LogP contribution < -0.4 is 0 Å². The molecule has 106 heavy (non-hydrogen) atoms. The molecule has 0 rings (SSSR count). The van der Waals surface area contributed by atoms with Gasteiger partial charge in [-0.2, -0.15) is 0 Å². The first-order chi connectivity index (χ1) is 51.7. The zero-order valence-electron chi connectivity index (χ0n) is 64.8. The Bertz CT molecular complexity index is 2880. The van der Waals surface area contributed by atoms with Gasteiger partial charge in [0.2, 0.25) is 0 Å². The second-order valence-electron chi connectivity index (χ2n) is 24.8. The topological polar surface area (TPSA) is 237 Å². The van der Waals surface area contributed by atoms with E-state index in [0.29, 0.717) is 38.5 Å². The van der Waals surface area contributed by atoms with Crippen molar-refractivity contribution in [2.45, 2.75) is 264 Å². The van der Waals surface area contributed by atoms with Crippen molar-refractivity contribution >= 4 is 39.5 Å². The quantitative estimate of drug-likeness (QED) is 0.0169. The van der Waals surface area contributed by atoms with Crippen LogP contribution in [0.3, 0.4) is 0 Å². The number of unbranched alkanes of at least 4 members (excludes halogenated alkanes) is 9.